The summed E-state index contributed by atoms with van der Waals surface area (Å²) in [4.78, 5) is 13.5. The van der Waals surface area contributed by atoms with Gasteiger partial charge in [-0.25, -0.2) is 0 Å². The second-order valence-corrected chi connectivity index (χ2v) is 3.72. The number of likely N-dealkylation sites (tertiary alicyclic amines) is 1. The van der Waals surface area contributed by atoms with Gasteiger partial charge in [-0.05, 0) is 13.3 Å². The maximum atomic E-state index is 11.1. The minimum Gasteiger partial charge on any atom is -0.385 e. The van der Waals surface area contributed by atoms with E-state index in [-0.39, 0.29) is 0 Å². The zero-order valence-corrected chi connectivity index (χ0v) is 8.58. The summed E-state index contributed by atoms with van der Waals surface area (Å²) < 4.78 is 5.00. The number of nitrogens with zero attached hydrogens (tertiary/aromatic N) is 1. The highest BCUT2D eigenvalue weighted by atomic mass is 16.5. The van der Waals surface area contributed by atoms with E-state index in [0.29, 0.717) is 11.8 Å². The Balaban J connectivity index is 2.21. The number of Topliss-reactive ketones (excluding diaryl/α,β-unsaturated/α-hetero) is 1. The summed E-state index contributed by atoms with van der Waals surface area (Å²) in [5, 5.41) is 0. The van der Waals surface area contributed by atoms with Gasteiger partial charge in [0, 0.05) is 45.7 Å². The maximum Gasteiger partial charge on any atom is 0.135 e. The van der Waals surface area contributed by atoms with Gasteiger partial charge in [-0.3, -0.25) is 9.69 Å². The Labute approximate surface area is 80.1 Å². The molecule has 13 heavy (non-hydrogen) atoms. The van der Waals surface area contributed by atoms with Crippen molar-refractivity contribution >= 4 is 5.78 Å². The van der Waals surface area contributed by atoms with Crippen molar-refractivity contribution in [2.24, 2.45) is 0 Å². The Morgan fingerprint density at radius 2 is 2.38 bits per heavy atom. The molecular formula is C10H19NO2. The molecule has 1 saturated heterocycles. The number of piperidine rings is 1. The van der Waals surface area contributed by atoms with Crippen LogP contribution in [0.5, 0.6) is 0 Å². The molecule has 1 heterocycles. The molecule has 0 aromatic carbocycles. The number of hydrogen-bond acceptors (Lipinski definition) is 3. The molecule has 1 atom stereocenters. The van der Waals surface area contributed by atoms with Crippen LogP contribution in [0.3, 0.4) is 0 Å². The molecule has 0 aromatic rings. The predicted octanol–water partition coefficient (Wildman–Crippen LogP) is 1.08. The molecule has 1 rings (SSSR count). The van der Waals surface area contributed by atoms with E-state index in [1.165, 1.54) is 0 Å². The fraction of sp³-hybridized carbons (Fsp3) is 0.900. The average Bonchev–Trinajstić information content (AvgIpc) is 2.09. The monoisotopic (exact) mass is 185 g/mol. The number of ether oxygens (including phenoxy) is 1. The van der Waals surface area contributed by atoms with Gasteiger partial charge in [0.2, 0.25) is 0 Å². The fourth-order valence-corrected chi connectivity index (χ4v) is 1.79. The molecule has 0 N–H and O–H groups in total. The first-order valence-corrected chi connectivity index (χ1v) is 4.98. The van der Waals surface area contributed by atoms with Crippen molar-refractivity contribution in [3.8, 4) is 0 Å². The van der Waals surface area contributed by atoms with E-state index < -0.39 is 0 Å². The van der Waals surface area contributed by atoms with Crippen LogP contribution in [-0.4, -0.2) is 43.5 Å². The van der Waals surface area contributed by atoms with Crippen LogP contribution in [0.25, 0.3) is 0 Å². The Bertz CT molecular complexity index is 170. The van der Waals surface area contributed by atoms with Crippen molar-refractivity contribution in [1.82, 2.24) is 4.90 Å². The van der Waals surface area contributed by atoms with Gasteiger partial charge in [0.1, 0.15) is 5.78 Å². The molecule has 1 aliphatic rings. The first-order chi connectivity index (χ1) is 6.24. The molecule has 1 fully saturated rings. The van der Waals surface area contributed by atoms with E-state index >= 15 is 0 Å². The number of rotatable bonds is 4. The van der Waals surface area contributed by atoms with Crippen LogP contribution in [0.1, 0.15) is 26.2 Å². The third-order valence-electron chi connectivity index (χ3n) is 2.62. The Kier molecular flexibility index (Phi) is 4.39. The summed E-state index contributed by atoms with van der Waals surface area (Å²) in [5.74, 6) is 0.412. The van der Waals surface area contributed by atoms with E-state index in [0.717, 1.165) is 39.0 Å². The van der Waals surface area contributed by atoms with Gasteiger partial charge in [-0.15, -0.1) is 0 Å². The van der Waals surface area contributed by atoms with Gasteiger partial charge >= 0.3 is 0 Å². The zero-order valence-electron chi connectivity index (χ0n) is 8.58. The van der Waals surface area contributed by atoms with Crippen molar-refractivity contribution < 1.29 is 9.53 Å². The smallest absolute Gasteiger partial charge is 0.135 e. The standard InChI is InChI=1S/C10H19NO2/c1-9-8-10(12)4-6-11(9)5-3-7-13-2/h9H,3-8H2,1-2H3. The Hall–Kier alpha value is -0.410. The Morgan fingerprint density at radius 3 is 3.00 bits per heavy atom. The molecule has 0 amide bonds. The van der Waals surface area contributed by atoms with Crippen LogP contribution in [0.2, 0.25) is 0 Å². The summed E-state index contributed by atoms with van der Waals surface area (Å²) in [5.41, 5.74) is 0. The highest BCUT2D eigenvalue weighted by molar-refractivity contribution is 5.79. The minimum atomic E-state index is 0.412. The van der Waals surface area contributed by atoms with Crippen LogP contribution in [0.15, 0.2) is 0 Å². The summed E-state index contributed by atoms with van der Waals surface area (Å²) in [6, 6.07) is 0.429. The lowest BCUT2D eigenvalue weighted by Gasteiger charge is -2.32. The van der Waals surface area contributed by atoms with Crippen LogP contribution in [-0.2, 0) is 9.53 Å². The lowest BCUT2D eigenvalue weighted by molar-refractivity contribution is -0.122. The highest BCUT2D eigenvalue weighted by Crippen LogP contribution is 2.13. The molecule has 3 nitrogen and oxygen atoms in total. The van der Waals surface area contributed by atoms with Crippen molar-refractivity contribution in [1.29, 1.82) is 0 Å². The van der Waals surface area contributed by atoms with Crippen molar-refractivity contribution in [2.75, 3.05) is 26.8 Å². The third-order valence-corrected chi connectivity index (χ3v) is 2.62. The van der Waals surface area contributed by atoms with Crippen LogP contribution < -0.4 is 0 Å². The van der Waals surface area contributed by atoms with Crippen LogP contribution in [0.4, 0.5) is 0 Å². The van der Waals surface area contributed by atoms with Crippen LogP contribution in [0, 0.1) is 0 Å². The fourth-order valence-electron chi connectivity index (χ4n) is 1.79. The molecule has 1 unspecified atom stereocenters. The second kappa shape index (κ2) is 5.35. The van der Waals surface area contributed by atoms with E-state index in [1.54, 1.807) is 7.11 Å². The summed E-state index contributed by atoms with van der Waals surface area (Å²) >= 11 is 0. The van der Waals surface area contributed by atoms with Gasteiger partial charge in [-0.1, -0.05) is 0 Å². The molecule has 0 radical (unpaired) electrons. The lowest BCUT2D eigenvalue weighted by atomic mass is 10.0. The topological polar surface area (TPSA) is 29.5 Å². The first-order valence-electron chi connectivity index (χ1n) is 4.98. The van der Waals surface area contributed by atoms with Crippen molar-refractivity contribution in [3.05, 3.63) is 0 Å². The third kappa shape index (κ3) is 3.44. The van der Waals surface area contributed by atoms with E-state index in [1.807, 2.05) is 0 Å². The summed E-state index contributed by atoms with van der Waals surface area (Å²) in [6.45, 7) is 4.94. The SMILES string of the molecule is COCCCN1CCC(=O)CC1C. The zero-order chi connectivity index (χ0) is 9.68. The lowest BCUT2D eigenvalue weighted by Crippen LogP contribution is -2.41. The molecule has 0 aliphatic carbocycles. The van der Waals surface area contributed by atoms with Crippen LogP contribution >= 0.6 is 0 Å². The van der Waals surface area contributed by atoms with Gasteiger partial charge in [-0.2, -0.15) is 0 Å². The predicted molar refractivity (Wildman–Crippen MR) is 51.8 cm³/mol. The van der Waals surface area contributed by atoms with Crippen molar-refractivity contribution in [2.45, 2.75) is 32.2 Å². The normalized spacial score (nSPS) is 25.1. The summed E-state index contributed by atoms with van der Waals surface area (Å²) in [7, 11) is 1.73. The molecule has 0 spiro atoms. The quantitative estimate of drug-likeness (QED) is 0.614. The number of carbonyl (C=O) groups excluding carboxylic acids is 1. The number of hydrogen-bond donors (Lipinski definition) is 0. The molecule has 0 saturated carbocycles. The molecule has 1 aliphatic heterocycles. The minimum absolute atomic E-state index is 0.412. The maximum absolute atomic E-state index is 11.1. The second-order valence-electron chi connectivity index (χ2n) is 3.72. The van der Waals surface area contributed by atoms with Gasteiger partial charge in [0.25, 0.3) is 0 Å². The molecule has 76 valence electrons. The number of carbonyl (C=O) groups is 1. The average molecular weight is 185 g/mol. The van der Waals surface area contributed by atoms with Gasteiger partial charge < -0.3 is 4.74 Å². The van der Waals surface area contributed by atoms with E-state index in [9.17, 15) is 4.79 Å². The van der Waals surface area contributed by atoms with Gasteiger partial charge in [0.05, 0.1) is 0 Å². The largest absolute Gasteiger partial charge is 0.385 e. The highest BCUT2D eigenvalue weighted by Gasteiger charge is 2.22. The van der Waals surface area contributed by atoms with Gasteiger partial charge in [0.15, 0.2) is 0 Å². The van der Waals surface area contributed by atoms with Crippen molar-refractivity contribution in [3.63, 3.8) is 0 Å². The van der Waals surface area contributed by atoms with E-state index in [4.69, 9.17) is 4.74 Å². The first kappa shape index (κ1) is 10.7. The molecular weight excluding hydrogens is 166 g/mol. The number of methoxy groups -OCH3 is 1. The van der Waals surface area contributed by atoms with E-state index in [2.05, 4.69) is 11.8 Å². The Morgan fingerprint density at radius 1 is 1.62 bits per heavy atom. The molecule has 0 bridgehead atoms. The summed E-state index contributed by atoms with van der Waals surface area (Å²) in [6.07, 6.45) is 2.53. The molecule has 0 aromatic heterocycles. The molecule has 3 heteroatoms. The number of ketones is 1.